The third-order valence-electron chi connectivity index (χ3n) is 10.1. The van der Waals surface area contributed by atoms with E-state index in [0.717, 1.165) is 43.1 Å². The van der Waals surface area contributed by atoms with Gasteiger partial charge in [-0.2, -0.15) is 0 Å². The second-order valence-electron chi connectivity index (χ2n) is 12.5. The Kier molecular flexibility index (Phi) is 9.60. The van der Waals surface area contributed by atoms with Crippen molar-refractivity contribution in [3.8, 4) is 0 Å². The van der Waals surface area contributed by atoms with Gasteiger partial charge in [0.05, 0.1) is 0 Å². The first-order valence-corrected chi connectivity index (χ1v) is 15.0. The summed E-state index contributed by atoms with van der Waals surface area (Å²) in [6.07, 6.45) is 26.6. The van der Waals surface area contributed by atoms with Gasteiger partial charge >= 0.3 is 5.97 Å². The Labute approximate surface area is 204 Å². The molecule has 4 saturated carbocycles. The van der Waals surface area contributed by atoms with Gasteiger partial charge in [-0.1, -0.05) is 84.0 Å². The molecule has 1 aliphatic heterocycles. The lowest BCUT2D eigenvalue weighted by Gasteiger charge is -2.62. The minimum absolute atomic E-state index is 0.0670. The first kappa shape index (κ1) is 25.5. The zero-order valence-corrected chi connectivity index (χ0v) is 22.0. The van der Waals surface area contributed by atoms with Crippen LogP contribution in [0.15, 0.2) is 0 Å². The van der Waals surface area contributed by atoms with Crippen LogP contribution in [0.1, 0.15) is 135 Å². The highest BCUT2D eigenvalue weighted by atomic mass is 16.5. The van der Waals surface area contributed by atoms with E-state index in [-0.39, 0.29) is 12.1 Å². The fourth-order valence-corrected chi connectivity index (χ4v) is 8.63. The molecule has 33 heavy (non-hydrogen) atoms. The predicted octanol–water partition coefficient (Wildman–Crippen LogP) is 7.91. The second-order valence-corrected chi connectivity index (χ2v) is 12.5. The first-order valence-electron chi connectivity index (χ1n) is 15.0. The maximum Gasteiger partial charge on any atom is 0.306 e. The minimum atomic E-state index is 0.0670. The SMILES string of the molecule is CCCCCCCCCCCCCCCC(=O)OC1CN(C)C2(C1)C1CC3CC(C1)CC2C3. The molecule has 1 atom stereocenters. The maximum absolute atomic E-state index is 12.5. The summed E-state index contributed by atoms with van der Waals surface area (Å²) in [6.45, 7) is 3.25. The van der Waals surface area contributed by atoms with Gasteiger partial charge in [-0.3, -0.25) is 9.69 Å². The van der Waals surface area contributed by atoms with Crippen LogP contribution < -0.4 is 0 Å². The predicted molar refractivity (Wildman–Crippen MR) is 137 cm³/mol. The van der Waals surface area contributed by atoms with Gasteiger partial charge in [0.25, 0.3) is 0 Å². The van der Waals surface area contributed by atoms with Crippen molar-refractivity contribution in [1.29, 1.82) is 0 Å². The summed E-state index contributed by atoms with van der Waals surface area (Å²) in [5.41, 5.74) is 0.355. The molecule has 0 amide bonds. The van der Waals surface area contributed by atoms with E-state index in [0.29, 0.717) is 12.0 Å². The zero-order chi connectivity index (χ0) is 23.1. The molecule has 0 aromatic carbocycles. The van der Waals surface area contributed by atoms with Crippen LogP contribution in [0.3, 0.4) is 0 Å². The summed E-state index contributed by atoms with van der Waals surface area (Å²) < 4.78 is 6.04. The highest BCUT2D eigenvalue weighted by molar-refractivity contribution is 5.69. The number of carbonyl (C=O) groups is 1. The Morgan fingerprint density at radius 2 is 1.24 bits per heavy atom. The Bertz CT molecular complexity index is 574. The van der Waals surface area contributed by atoms with E-state index in [1.807, 2.05) is 0 Å². The lowest BCUT2D eigenvalue weighted by Crippen LogP contribution is -2.62. The number of likely N-dealkylation sites (N-methyl/N-ethyl adjacent to an activating group) is 1. The average molecular weight is 460 g/mol. The molecule has 0 N–H and O–H groups in total. The molecule has 1 heterocycles. The van der Waals surface area contributed by atoms with E-state index in [4.69, 9.17) is 4.74 Å². The summed E-state index contributed by atoms with van der Waals surface area (Å²) in [6, 6.07) is 0. The molecule has 0 radical (unpaired) electrons. The Balaban J connectivity index is 1.03. The van der Waals surface area contributed by atoms with Crippen molar-refractivity contribution in [2.24, 2.45) is 23.7 Å². The number of unbranched alkanes of at least 4 members (excludes halogenated alkanes) is 12. The molecule has 3 nitrogen and oxygen atoms in total. The van der Waals surface area contributed by atoms with E-state index in [1.54, 1.807) is 0 Å². The van der Waals surface area contributed by atoms with Crippen LogP contribution in [-0.4, -0.2) is 36.1 Å². The molecule has 0 aromatic heterocycles. The molecule has 5 fully saturated rings. The number of rotatable bonds is 15. The summed E-state index contributed by atoms with van der Waals surface area (Å²) >= 11 is 0. The molecule has 1 saturated heterocycles. The fraction of sp³-hybridized carbons (Fsp3) is 0.967. The van der Waals surface area contributed by atoms with E-state index in [2.05, 4.69) is 18.9 Å². The van der Waals surface area contributed by atoms with Crippen LogP contribution in [0.5, 0.6) is 0 Å². The van der Waals surface area contributed by atoms with Crippen LogP contribution >= 0.6 is 0 Å². The van der Waals surface area contributed by atoms with E-state index in [9.17, 15) is 4.79 Å². The normalized spacial score (nSPS) is 35.0. The van der Waals surface area contributed by atoms with Crippen molar-refractivity contribution in [1.82, 2.24) is 4.90 Å². The minimum Gasteiger partial charge on any atom is -0.461 e. The summed E-state index contributed by atoms with van der Waals surface area (Å²) in [4.78, 5) is 15.2. The standard InChI is InChI=1S/C30H53NO2/c1-3-4-5-6-7-8-9-10-11-12-13-14-15-16-29(32)33-28-22-30(31(2)23-28)26-18-24-17-25(20-26)21-27(30)19-24/h24-28H,3-23H2,1-2H3. The van der Waals surface area contributed by atoms with E-state index in [1.165, 1.54) is 109 Å². The Hall–Kier alpha value is -0.570. The van der Waals surface area contributed by atoms with Crippen LogP contribution in [-0.2, 0) is 9.53 Å². The monoisotopic (exact) mass is 459 g/mol. The lowest BCUT2D eigenvalue weighted by atomic mass is 9.48. The molecule has 4 bridgehead atoms. The van der Waals surface area contributed by atoms with Crippen LogP contribution in [0.4, 0.5) is 0 Å². The van der Waals surface area contributed by atoms with Crippen molar-refractivity contribution in [2.75, 3.05) is 13.6 Å². The van der Waals surface area contributed by atoms with Gasteiger partial charge in [-0.15, -0.1) is 0 Å². The third-order valence-corrected chi connectivity index (χ3v) is 10.1. The van der Waals surface area contributed by atoms with Gasteiger partial charge in [0.15, 0.2) is 0 Å². The Morgan fingerprint density at radius 3 is 1.76 bits per heavy atom. The molecule has 1 spiro atoms. The van der Waals surface area contributed by atoms with Gasteiger partial charge in [0.2, 0.25) is 0 Å². The van der Waals surface area contributed by atoms with Crippen molar-refractivity contribution in [3.05, 3.63) is 0 Å². The number of ether oxygens (including phenoxy) is 1. The largest absolute Gasteiger partial charge is 0.461 e. The lowest BCUT2D eigenvalue weighted by molar-refractivity contribution is -0.149. The van der Waals surface area contributed by atoms with Crippen molar-refractivity contribution < 1.29 is 9.53 Å². The second kappa shape index (κ2) is 12.4. The fourth-order valence-electron chi connectivity index (χ4n) is 8.63. The molecule has 190 valence electrons. The quantitative estimate of drug-likeness (QED) is 0.184. The van der Waals surface area contributed by atoms with Gasteiger partial charge < -0.3 is 4.74 Å². The smallest absolute Gasteiger partial charge is 0.306 e. The molecule has 5 rings (SSSR count). The highest BCUT2D eigenvalue weighted by Crippen LogP contribution is 2.62. The zero-order valence-electron chi connectivity index (χ0n) is 22.0. The molecule has 1 unspecified atom stereocenters. The first-order chi connectivity index (χ1) is 16.1. The number of likely N-dealkylation sites (tertiary alicyclic amines) is 1. The average Bonchev–Trinajstić information content (AvgIpc) is 3.11. The molecule has 3 heteroatoms. The summed E-state index contributed by atoms with van der Waals surface area (Å²) in [5, 5.41) is 0. The van der Waals surface area contributed by atoms with Crippen molar-refractivity contribution >= 4 is 5.97 Å². The van der Waals surface area contributed by atoms with Gasteiger partial charge in [0.1, 0.15) is 6.10 Å². The number of carbonyl (C=O) groups excluding carboxylic acids is 1. The number of nitrogens with zero attached hydrogens (tertiary/aromatic N) is 1. The maximum atomic E-state index is 12.5. The van der Waals surface area contributed by atoms with E-state index < -0.39 is 0 Å². The van der Waals surface area contributed by atoms with Crippen LogP contribution in [0, 0.1) is 23.7 Å². The number of esters is 1. The topological polar surface area (TPSA) is 29.5 Å². The molecular formula is C30H53NO2. The highest BCUT2D eigenvalue weighted by Gasteiger charge is 2.62. The van der Waals surface area contributed by atoms with Crippen molar-refractivity contribution in [2.45, 2.75) is 147 Å². The van der Waals surface area contributed by atoms with E-state index >= 15 is 0 Å². The van der Waals surface area contributed by atoms with Gasteiger partial charge in [0, 0.05) is 24.9 Å². The van der Waals surface area contributed by atoms with Crippen molar-refractivity contribution in [3.63, 3.8) is 0 Å². The molecular weight excluding hydrogens is 406 g/mol. The summed E-state index contributed by atoms with van der Waals surface area (Å²) in [7, 11) is 2.32. The van der Waals surface area contributed by atoms with Gasteiger partial charge in [-0.05, 0) is 69.2 Å². The number of hydrogen-bond acceptors (Lipinski definition) is 3. The summed E-state index contributed by atoms with van der Waals surface area (Å²) in [5.74, 6) is 3.80. The van der Waals surface area contributed by atoms with Crippen LogP contribution in [0.2, 0.25) is 0 Å². The Morgan fingerprint density at radius 1 is 0.758 bits per heavy atom. The number of hydrogen-bond donors (Lipinski definition) is 0. The van der Waals surface area contributed by atoms with Crippen LogP contribution in [0.25, 0.3) is 0 Å². The third kappa shape index (κ3) is 6.36. The van der Waals surface area contributed by atoms with Gasteiger partial charge in [-0.25, -0.2) is 0 Å². The molecule has 4 aliphatic carbocycles. The molecule has 5 aliphatic rings. The molecule has 0 aromatic rings.